The summed E-state index contributed by atoms with van der Waals surface area (Å²) < 4.78 is 21.2. The van der Waals surface area contributed by atoms with Gasteiger partial charge in [0, 0.05) is 17.8 Å². The molecule has 0 saturated carbocycles. The first-order valence-electron chi connectivity index (χ1n) is 9.75. The first kappa shape index (κ1) is 23.5. The minimum absolute atomic E-state index is 0.138. The third kappa shape index (κ3) is 6.12. The number of nitrogens with zero attached hydrogens (tertiary/aromatic N) is 2. The van der Waals surface area contributed by atoms with Gasteiger partial charge in [-0.3, -0.25) is 4.79 Å². The first-order valence-corrected chi connectivity index (χ1v) is 9.75. The molecule has 0 saturated heterocycles. The normalized spacial score (nSPS) is 10.0. The van der Waals surface area contributed by atoms with E-state index >= 15 is 0 Å². The molecule has 0 fully saturated rings. The van der Waals surface area contributed by atoms with Gasteiger partial charge in [0.05, 0.1) is 38.9 Å². The number of methoxy groups -OCH3 is 2. The summed E-state index contributed by atoms with van der Waals surface area (Å²) in [7, 11) is 2.98. The van der Waals surface area contributed by atoms with Gasteiger partial charge in [0.25, 0.3) is 5.91 Å². The Kier molecular flexibility index (Phi) is 8.70. The molecule has 8 nitrogen and oxygen atoms in total. The second-order valence-electron chi connectivity index (χ2n) is 6.46. The number of carbonyl (C=O) groups excluding carboxylic acids is 2. The summed E-state index contributed by atoms with van der Waals surface area (Å²) in [4.78, 5) is 26.7. The predicted octanol–water partition coefficient (Wildman–Crippen LogP) is 3.51. The van der Waals surface area contributed by atoms with Gasteiger partial charge >= 0.3 is 5.97 Å². The number of amides is 1. The quantitative estimate of drug-likeness (QED) is 0.536. The van der Waals surface area contributed by atoms with Crippen molar-refractivity contribution in [2.24, 2.45) is 0 Å². The summed E-state index contributed by atoms with van der Waals surface area (Å²) in [6, 6.07) is 12.0. The van der Waals surface area contributed by atoms with Crippen molar-refractivity contribution < 1.29 is 28.5 Å². The maximum Gasteiger partial charge on any atom is 0.338 e. The van der Waals surface area contributed by atoms with E-state index in [-0.39, 0.29) is 18.5 Å². The van der Waals surface area contributed by atoms with E-state index in [1.807, 2.05) is 13.0 Å². The molecular formula is C23H26N2O6. The van der Waals surface area contributed by atoms with Gasteiger partial charge < -0.3 is 23.8 Å². The van der Waals surface area contributed by atoms with Crippen LogP contribution < -0.4 is 19.1 Å². The summed E-state index contributed by atoms with van der Waals surface area (Å²) in [5, 5.41) is 8.93. The molecule has 0 heterocycles. The van der Waals surface area contributed by atoms with E-state index in [2.05, 4.69) is 0 Å². The number of benzene rings is 2. The number of esters is 1. The summed E-state index contributed by atoms with van der Waals surface area (Å²) in [5.41, 5.74) is 1.53. The fourth-order valence-corrected chi connectivity index (χ4v) is 2.94. The number of hydrogen-bond acceptors (Lipinski definition) is 7. The number of nitriles is 1. The molecule has 2 aromatic rings. The molecule has 0 N–H and O–H groups in total. The van der Waals surface area contributed by atoms with Crippen molar-refractivity contribution in [3.05, 3.63) is 47.5 Å². The standard InChI is InChI=1S/C23H26N2O6/c1-5-30-19-9-7-18(8-10-19)25(12-6-11-24)22(26)15-31-23(27)17-13-20(28-3)16(2)21(14-17)29-4/h7-10,13-14H,5-6,12,15H2,1-4H3. The molecule has 1 amide bonds. The van der Waals surface area contributed by atoms with Gasteiger partial charge in [-0.25, -0.2) is 4.79 Å². The second kappa shape index (κ2) is 11.5. The van der Waals surface area contributed by atoms with Gasteiger partial charge in [-0.15, -0.1) is 0 Å². The number of rotatable bonds is 10. The van der Waals surface area contributed by atoms with Gasteiger partial charge in [-0.2, -0.15) is 5.26 Å². The highest BCUT2D eigenvalue weighted by Crippen LogP contribution is 2.29. The lowest BCUT2D eigenvalue weighted by Crippen LogP contribution is -2.35. The average molecular weight is 426 g/mol. The van der Waals surface area contributed by atoms with E-state index in [0.717, 1.165) is 5.56 Å². The third-order valence-corrected chi connectivity index (χ3v) is 4.52. The van der Waals surface area contributed by atoms with Crippen molar-refractivity contribution in [1.29, 1.82) is 5.26 Å². The van der Waals surface area contributed by atoms with Crippen LogP contribution in [0.4, 0.5) is 5.69 Å². The van der Waals surface area contributed by atoms with E-state index in [0.29, 0.717) is 29.5 Å². The van der Waals surface area contributed by atoms with Crippen molar-refractivity contribution in [3.63, 3.8) is 0 Å². The van der Waals surface area contributed by atoms with Crippen LogP contribution in [0.2, 0.25) is 0 Å². The number of anilines is 1. The van der Waals surface area contributed by atoms with Crippen LogP contribution in [0.3, 0.4) is 0 Å². The van der Waals surface area contributed by atoms with Crippen molar-refractivity contribution in [2.45, 2.75) is 20.3 Å². The van der Waals surface area contributed by atoms with E-state index in [1.54, 1.807) is 31.2 Å². The Morgan fingerprint density at radius 1 is 1.06 bits per heavy atom. The SMILES string of the molecule is CCOc1ccc(N(CCC#N)C(=O)COC(=O)c2cc(OC)c(C)c(OC)c2)cc1. The molecular weight excluding hydrogens is 400 g/mol. The van der Waals surface area contributed by atoms with E-state index in [1.165, 1.54) is 31.3 Å². The zero-order valence-corrected chi connectivity index (χ0v) is 18.1. The van der Waals surface area contributed by atoms with Crippen LogP contribution in [0.25, 0.3) is 0 Å². The van der Waals surface area contributed by atoms with Crippen LogP contribution in [-0.2, 0) is 9.53 Å². The van der Waals surface area contributed by atoms with Gasteiger partial charge in [0.1, 0.15) is 17.2 Å². The number of carbonyl (C=O) groups is 2. The lowest BCUT2D eigenvalue weighted by atomic mass is 10.1. The zero-order valence-electron chi connectivity index (χ0n) is 18.1. The van der Waals surface area contributed by atoms with Gasteiger partial charge in [-0.1, -0.05) is 0 Å². The van der Waals surface area contributed by atoms with Crippen LogP contribution in [0.15, 0.2) is 36.4 Å². The van der Waals surface area contributed by atoms with Gasteiger partial charge in [0.2, 0.25) is 0 Å². The minimum Gasteiger partial charge on any atom is -0.496 e. The molecule has 0 spiro atoms. The maximum atomic E-state index is 12.8. The van der Waals surface area contributed by atoms with Crippen LogP contribution in [-0.4, -0.2) is 45.9 Å². The maximum absolute atomic E-state index is 12.8. The minimum atomic E-state index is -0.683. The molecule has 0 aromatic heterocycles. The highest BCUT2D eigenvalue weighted by Gasteiger charge is 2.20. The van der Waals surface area contributed by atoms with Gasteiger partial charge in [0.15, 0.2) is 6.61 Å². The molecule has 0 aliphatic heterocycles. The molecule has 0 unspecified atom stereocenters. The van der Waals surface area contributed by atoms with Crippen molar-refractivity contribution in [1.82, 2.24) is 0 Å². The number of ether oxygens (including phenoxy) is 4. The smallest absolute Gasteiger partial charge is 0.338 e. The Bertz CT molecular complexity index is 925. The monoisotopic (exact) mass is 426 g/mol. The molecule has 0 bridgehead atoms. The predicted molar refractivity (Wildman–Crippen MR) is 115 cm³/mol. The van der Waals surface area contributed by atoms with E-state index in [4.69, 9.17) is 24.2 Å². The summed E-state index contributed by atoms with van der Waals surface area (Å²) in [6.07, 6.45) is 0.138. The summed E-state index contributed by atoms with van der Waals surface area (Å²) in [5.74, 6) is 0.494. The Morgan fingerprint density at radius 3 is 2.19 bits per heavy atom. The third-order valence-electron chi connectivity index (χ3n) is 4.52. The Hall–Kier alpha value is -3.73. The molecule has 31 heavy (non-hydrogen) atoms. The van der Waals surface area contributed by atoms with Gasteiger partial charge in [-0.05, 0) is 50.2 Å². The lowest BCUT2D eigenvalue weighted by molar-refractivity contribution is -0.121. The molecule has 8 heteroatoms. The highest BCUT2D eigenvalue weighted by molar-refractivity contribution is 5.97. The Labute approximate surface area is 181 Å². The van der Waals surface area contributed by atoms with E-state index < -0.39 is 18.5 Å². The molecule has 0 atom stereocenters. The Balaban J connectivity index is 2.13. The first-order chi connectivity index (χ1) is 14.9. The molecule has 0 aliphatic rings. The molecule has 2 aromatic carbocycles. The van der Waals surface area contributed by atoms with Crippen LogP contribution in [0.5, 0.6) is 17.2 Å². The average Bonchev–Trinajstić information content (AvgIpc) is 2.79. The fourth-order valence-electron chi connectivity index (χ4n) is 2.94. The summed E-state index contributed by atoms with van der Waals surface area (Å²) >= 11 is 0. The molecule has 0 aliphatic carbocycles. The number of hydrogen-bond donors (Lipinski definition) is 0. The molecule has 0 radical (unpaired) electrons. The summed E-state index contributed by atoms with van der Waals surface area (Å²) in [6.45, 7) is 3.91. The fraction of sp³-hybridized carbons (Fsp3) is 0.348. The highest BCUT2D eigenvalue weighted by atomic mass is 16.5. The van der Waals surface area contributed by atoms with Crippen LogP contribution >= 0.6 is 0 Å². The van der Waals surface area contributed by atoms with Crippen LogP contribution in [0.1, 0.15) is 29.3 Å². The topological polar surface area (TPSA) is 98.1 Å². The van der Waals surface area contributed by atoms with E-state index in [9.17, 15) is 9.59 Å². The lowest BCUT2D eigenvalue weighted by Gasteiger charge is -2.22. The van der Waals surface area contributed by atoms with Crippen LogP contribution in [0, 0.1) is 18.3 Å². The van der Waals surface area contributed by atoms with Crippen molar-refractivity contribution in [2.75, 3.05) is 38.9 Å². The second-order valence-corrected chi connectivity index (χ2v) is 6.46. The molecule has 2 rings (SSSR count). The Morgan fingerprint density at radius 2 is 1.68 bits per heavy atom. The van der Waals surface area contributed by atoms with Crippen molar-refractivity contribution in [3.8, 4) is 23.3 Å². The molecule has 164 valence electrons. The van der Waals surface area contributed by atoms with Crippen molar-refractivity contribution >= 4 is 17.6 Å². The largest absolute Gasteiger partial charge is 0.496 e. The zero-order chi connectivity index (χ0) is 22.8.